The predicted molar refractivity (Wildman–Crippen MR) is 69.5 cm³/mol. The Bertz CT molecular complexity index is 190. The zero-order valence-corrected chi connectivity index (χ0v) is 11.1. The van der Waals surface area contributed by atoms with E-state index in [1.165, 1.54) is 51.4 Å². The van der Waals surface area contributed by atoms with Crippen molar-refractivity contribution in [2.24, 2.45) is 11.8 Å². The molecule has 94 valence electrons. The molecular weight excluding hydrogens is 196 g/mol. The maximum atomic E-state index is 12.4. The molecule has 0 amide bonds. The lowest BCUT2D eigenvalue weighted by atomic mass is 9.83. The number of hydrogen-bond donors (Lipinski definition) is 0. The molecule has 0 aliphatic heterocycles. The van der Waals surface area contributed by atoms with Gasteiger partial charge in [-0.25, -0.2) is 0 Å². The lowest BCUT2D eigenvalue weighted by molar-refractivity contribution is -0.127. The molecule has 1 saturated carbocycles. The second kappa shape index (κ2) is 7.86. The van der Waals surface area contributed by atoms with Crippen LogP contribution in [0.25, 0.3) is 0 Å². The fourth-order valence-corrected chi connectivity index (χ4v) is 2.90. The summed E-state index contributed by atoms with van der Waals surface area (Å²) in [4.78, 5) is 12.4. The molecule has 1 fully saturated rings. The minimum absolute atomic E-state index is 0.364. The third-order valence-corrected chi connectivity index (χ3v) is 4.06. The molecule has 16 heavy (non-hydrogen) atoms. The first-order valence-electron chi connectivity index (χ1n) is 7.33. The zero-order chi connectivity index (χ0) is 11.8. The van der Waals surface area contributed by atoms with Crippen molar-refractivity contribution < 1.29 is 4.79 Å². The zero-order valence-electron chi connectivity index (χ0n) is 11.1. The molecule has 1 rings (SSSR count). The number of unbranched alkanes of at least 4 members (excludes halogenated alkanes) is 1. The van der Waals surface area contributed by atoms with Crippen LogP contribution in [0.1, 0.15) is 78.1 Å². The van der Waals surface area contributed by atoms with Gasteiger partial charge < -0.3 is 0 Å². The molecule has 0 aromatic carbocycles. The molecule has 1 heteroatoms. The average molecular weight is 224 g/mol. The molecule has 0 radical (unpaired) electrons. The number of rotatable bonds is 6. The highest BCUT2D eigenvalue weighted by Gasteiger charge is 2.25. The molecule has 1 atom stereocenters. The highest BCUT2D eigenvalue weighted by molar-refractivity contribution is 5.83. The van der Waals surface area contributed by atoms with Crippen LogP contribution >= 0.6 is 0 Å². The minimum Gasteiger partial charge on any atom is -0.299 e. The molecule has 0 N–H and O–H groups in total. The van der Waals surface area contributed by atoms with E-state index in [-0.39, 0.29) is 0 Å². The summed E-state index contributed by atoms with van der Waals surface area (Å²) in [5.74, 6) is 1.37. The van der Waals surface area contributed by atoms with Gasteiger partial charge in [-0.2, -0.15) is 0 Å². The van der Waals surface area contributed by atoms with Crippen molar-refractivity contribution in [2.75, 3.05) is 0 Å². The second-order valence-corrected chi connectivity index (χ2v) is 5.34. The first kappa shape index (κ1) is 13.7. The molecule has 1 nitrogen and oxygen atoms in total. The van der Waals surface area contributed by atoms with E-state index in [0.717, 1.165) is 12.8 Å². The number of hydrogen-bond acceptors (Lipinski definition) is 1. The minimum atomic E-state index is 0.364. The largest absolute Gasteiger partial charge is 0.299 e. The van der Waals surface area contributed by atoms with Crippen molar-refractivity contribution in [3.05, 3.63) is 0 Å². The summed E-state index contributed by atoms with van der Waals surface area (Å²) in [7, 11) is 0. The Morgan fingerprint density at radius 1 is 1.12 bits per heavy atom. The summed E-state index contributed by atoms with van der Waals surface area (Å²) in [6, 6.07) is 0. The summed E-state index contributed by atoms with van der Waals surface area (Å²) in [5, 5.41) is 0. The molecule has 0 heterocycles. The van der Waals surface area contributed by atoms with Crippen molar-refractivity contribution in [3.63, 3.8) is 0 Å². The Morgan fingerprint density at radius 3 is 2.25 bits per heavy atom. The van der Waals surface area contributed by atoms with E-state index in [2.05, 4.69) is 13.8 Å². The van der Waals surface area contributed by atoms with Gasteiger partial charge in [-0.3, -0.25) is 4.79 Å². The van der Waals surface area contributed by atoms with Crippen LogP contribution in [-0.4, -0.2) is 5.78 Å². The van der Waals surface area contributed by atoms with Gasteiger partial charge in [0.2, 0.25) is 0 Å². The van der Waals surface area contributed by atoms with Crippen LogP contribution in [0.15, 0.2) is 0 Å². The molecule has 0 bridgehead atoms. The Balaban J connectivity index is 2.44. The number of ketones is 1. The Hall–Kier alpha value is -0.330. The van der Waals surface area contributed by atoms with E-state index >= 15 is 0 Å². The first-order chi connectivity index (χ1) is 7.79. The van der Waals surface area contributed by atoms with E-state index in [1.54, 1.807) is 0 Å². The van der Waals surface area contributed by atoms with Crippen molar-refractivity contribution >= 4 is 5.78 Å². The van der Waals surface area contributed by atoms with Crippen LogP contribution < -0.4 is 0 Å². The third-order valence-electron chi connectivity index (χ3n) is 4.06. The van der Waals surface area contributed by atoms with E-state index in [9.17, 15) is 4.79 Å². The van der Waals surface area contributed by atoms with Gasteiger partial charge in [0, 0.05) is 11.8 Å². The van der Waals surface area contributed by atoms with Crippen LogP contribution in [-0.2, 0) is 4.79 Å². The highest BCUT2D eigenvalue weighted by Crippen LogP contribution is 2.28. The maximum Gasteiger partial charge on any atom is 0.139 e. The highest BCUT2D eigenvalue weighted by atomic mass is 16.1. The van der Waals surface area contributed by atoms with E-state index in [4.69, 9.17) is 0 Å². The number of carbonyl (C=O) groups excluding carboxylic acids is 1. The smallest absolute Gasteiger partial charge is 0.139 e. The van der Waals surface area contributed by atoms with Gasteiger partial charge in [-0.1, -0.05) is 52.4 Å². The van der Waals surface area contributed by atoms with Gasteiger partial charge >= 0.3 is 0 Å². The molecule has 0 aromatic rings. The molecular formula is C15H28O. The van der Waals surface area contributed by atoms with E-state index in [1.807, 2.05) is 0 Å². The summed E-state index contributed by atoms with van der Waals surface area (Å²) < 4.78 is 0. The van der Waals surface area contributed by atoms with Crippen LogP contribution in [0.3, 0.4) is 0 Å². The molecule has 0 spiro atoms. The van der Waals surface area contributed by atoms with Crippen molar-refractivity contribution in [1.29, 1.82) is 0 Å². The molecule has 0 aromatic heterocycles. The topological polar surface area (TPSA) is 17.1 Å². The van der Waals surface area contributed by atoms with Crippen LogP contribution in [0, 0.1) is 11.8 Å². The predicted octanol–water partition coefficient (Wildman–Crippen LogP) is 4.74. The standard InChI is InChI=1S/C15H28O/c1-3-5-10-13(4-2)15(16)14-11-8-6-7-9-12-14/h13-14H,3-12H2,1-2H3. The average Bonchev–Trinajstić information content (AvgIpc) is 2.58. The number of Topliss-reactive ketones (excluding diaryl/α,β-unsaturated/α-hetero) is 1. The Labute approximate surface area is 101 Å². The van der Waals surface area contributed by atoms with Crippen LogP contribution in [0.2, 0.25) is 0 Å². The van der Waals surface area contributed by atoms with Gasteiger partial charge in [0.1, 0.15) is 5.78 Å². The molecule has 1 unspecified atom stereocenters. The molecule has 1 aliphatic rings. The van der Waals surface area contributed by atoms with E-state index < -0.39 is 0 Å². The monoisotopic (exact) mass is 224 g/mol. The number of carbonyl (C=O) groups is 1. The fourth-order valence-electron chi connectivity index (χ4n) is 2.90. The summed E-state index contributed by atoms with van der Waals surface area (Å²) in [6.07, 6.45) is 12.2. The Morgan fingerprint density at radius 2 is 1.75 bits per heavy atom. The second-order valence-electron chi connectivity index (χ2n) is 5.34. The third kappa shape index (κ3) is 4.27. The van der Waals surface area contributed by atoms with E-state index in [0.29, 0.717) is 17.6 Å². The normalized spacial score (nSPS) is 20.4. The quantitative estimate of drug-likeness (QED) is 0.595. The van der Waals surface area contributed by atoms with Gasteiger partial charge in [-0.05, 0) is 25.7 Å². The lowest BCUT2D eigenvalue weighted by Crippen LogP contribution is -2.23. The molecule has 0 saturated heterocycles. The van der Waals surface area contributed by atoms with Gasteiger partial charge in [0.25, 0.3) is 0 Å². The van der Waals surface area contributed by atoms with Crippen molar-refractivity contribution in [3.8, 4) is 0 Å². The maximum absolute atomic E-state index is 12.4. The molecule has 1 aliphatic carbocycles. The van der Waals surface area contributed by atoms with Gasteiger partial charge in [0.15, 0.2) is 0 Å². The summed E-state index contributed by atoms with van der Waals surface area (Å²) in [6.45, 7) is 4.39. The Kier molecular flexibility index (Phi) is 6.75. The summed E-state index contributed by atoms with van der Waals surface area (Å²) in [5.41, 5.74) is 0. The fraction of sp³-hybridized carbons (Fsp3) is 0.933. The van der Waals surface area contributed by atoms with Crippen molar-refractivity contribution in [1.82, 2.24) is 0 Å². The van der Waals surface area contributed by atoms with Crippen LogP contribution in [0.4, 0.5) is 0 Å². The van der Waals surface area contributed by atoms with Crippen molar-refractivity contribution in [2.45, 2.75) is 78.1 Å². The first-order valence-corrected chi connectivity index (χ1v) is 7.33. The van der Waals surface area contributed by atoms with Gasteiger partial charge in [0.05, 0.1) is 0 Å². The lowest BCUT2D eigenvalue weighted by Gasteiger charge is -2.20. The van der Waals surface area contributed by atoms with Gasteiger partial charge in [-0.15, -0.1) is 0 Å². The SMILES string of the molecule is CCCCC(CC)C(=O)C1CCCCCC1. The summed E-state index contributed by atoms with van der Waals surface area (Å²) >= 11 is 0. The van der Waals surface area contributed by atoms with Crippen LogP contribution in [0.5, 0.6) is 0 Å².